The summed E-state index contributed by atoms with van der Waals surface area (Å²) in [6.45, 7) is 6.78. The summed E-state index contributed by atoms with van der Waals surface area (Å²) in [6, 6.07) is 11.6. The fourth-order valence-corrected chi connectivity index (χ4v) is 3.13. The van der Waals surface area contributed by atoms with Gasteiger partial charge in [-0.05, 0) is 54.7 Å². The largest absolute Gasteiger partial charge is 0.334 e. The molecule has 2 aromatic carbocycles. The number of carbonyl (C=O) groups excluding carboxylic acids is 2. The van der Waals surface area contributed by atoms with Crippen LogP contribution in [-0.2, 0) is 17.8 Å². The third-order valence-electron chi connectivity index (χ3n) is 4.73. The van der Waals surface area contributed by atoms with Gasteiger partial charge in [0.25, 0.3) is 0 Å². The van der Waals surface area contributed by atoms with Crippen LogP contribution in [0.15, 0.2) is 36.4 Å². The summed E-state index contributed by atoms with van der Waals surface area (Å²) in [5, 5.41) is 5.78. The van der Waals surface area contributed by atoms with E-state index in [9.17, 15) is 9.59 Å². The van der Waals surface area contributed by atoms with Gasteiger partial charge in [0, 0.05) is 31.4 Å². The Morgan fingerprint density at radius 3 is 2.72 bits per heavy atom. The highest BCUT2D eigenvalue weighted by Crippen LogP contribution is 2.28. The summed E-state index contributed by atoms with van der Waals surface area (Å²) in [7, 11) is 0. The van der Waals surface area contributed by atoms with Gasteiger partial charge < -0.3 is 15.5 Å². The maximum atomic E-state index is 12.1. The molecule has 0 aliphatic carbocycles. The summed E-state index contributed by atoms with van der Waals surface area (Å²) in [4.78, 5) is 25.5. The highest BCUT2D eigenvalue weighted by molar-refractivity contribution is 5.94. The topological polar surface area (TPSA) is 61.4 Å². The Morgan fingerprint density at radius 1 is 1.16 bits per heavy atom. The number of rotatable bonds is 3. The van der Waals surface area contributed by atoms with Crippen LogP contribution in [0.1, 0.15) is 29.2 Å². The summed E-state index contributed by atoms with van der Waals surface area (Å²) in [6.07, 6.45) is 0.859. The SMILES string of the molecule is CC(=O)N1CCc2cc(CNC(=O)Nc3cccc(C)c3C)ccc21. The van der Waals surface area contributed by atoms with Crippen molar-refractivity contribution in [3.05, 3.63) is 58.7 Å². The first kappa shape index (κ1) is 17.0. The van der Waals surface area contributed by atoms with Gasteiger partial charge in [0.2, 0.25) is 5.91 Å². The molecule has 0 fully saturated rings. The third-order valence-corrected chi connectivity index (χ3v) is 4.73. The summed E-state index contributed by atoms with van der Waals surface area (Å²) in [5.41, 5.74) is 6.20. The Morgan fingerprint density at radius 2 is 1.96 bits per heavy atom. The molecule has 130 valence electrons. The average molecular weight is 337 g/mol. The minimum absolute atomic E-state index is 0.0672. The van der Waals surface area contributed by atoms with Crippen LogP contribution in [0.25, 0.3) is 0 Å². The second-order valence-corrected chi connectivity index (χ2v) is 6.44. The van der Waals surface area contributed by atoms with Crippen LogP contribution in [-0.4, -0.2) is 18.5 Å². The number of nitrogens with one attached hydrogen (secondary N) is 2. The maximum absolute atomic E-state index is 12.1. The molecular weight excluding hydrogens is 314 g/mol. The van der Waals surface area contributed by atoms with E-state index in [-0.39, 0.29) is 11.9 Å². The Balaban J connectivity index is 1.61. The van der Waals surface area contributed by atoms with Gasteiger partial charge in [-0.2, -0.15) is 0 Å². The van der Waals surface area contributed by atoms with Crippen LogP contribution in [0.2, 0.25) is 0 Å². The number of benzene rings is 2. The molecule has 1 aliphatic heterocycles. The molecule has 0 saturated carbocycles. The van der Waals surface area contributed by atoms with E-state index in [0.717, 1.165) is 46.6 Å². The minimum Gasteiger partial charge on any atom is -0.334 e. The summed E-state index contributed by atoms with van der Waals surface area (Å²) >= 11 is 0. The minimum atomic E-state index is -0.223. The number of hydrogen-bond acceptors (Lipinski definition) is 2. The van der Waals surface area contributed by atoms with E-state index in [2.05, 4.69) is 16.7 Å². The second kappa shape index (κ2) is 6.97. The first-order valence-corrected chi connectivity index (χ1v) is 8.46. The van der Waals surface area contributed by atoms with E-state index in [4.69, 9.17) is 0 Å². The smallest absolute Gasteiger partial charge is 0.319 e. The molecule has 0 saturated heterocycles. The van der Waals surface area contributed by atoms with E-state index in [1.54, 1.807) is 11.8 Å². The quantitative estimate of drug-likeness (QED) is 0.900. The van der Waals surface area contributed by atoms with Crippen LogP contribution in [0.3, 0.4) is 0 Å². The molecule has 2 aromatic rings. The van der Waals surface area contributed by atoms with Gasteiger partial charge in [-0.3, -0.25) is 4.79 Å². The number of hydrogen-bond donors (Lipinski definition) is 2. The standard InChI is InChI=1S/C20H23N3O2/c1-13-5-4-6-18(14(13)2)22-20(25)21-12-16-7-8-19-17(11-16)9-10-23(19)15(3)24/h4-8,11H,9-10,12H2,1-3H3,(H2,21,22,25). The van der Waals surface area contributed by atoms with Crippen LogP contribution >= 0.6 is 0 Å². The first-order valence-electron chi connectivity index (χ1n) is 8.46. The van der Waals surface area contributed by atoms with Crippen molar-refractivity contribution in [3.8, 4) is 0 Å². The van der Waals surface area contributed by atoms with Gasteiger partial charge in [0.05, 0.1) is 0 Å². The lowest BCUT2D eigenvalue weighted by Crippen LogP contribution is -2.28. The predicted octanol–water partition coefficient (Wildman–Crippen LogP) is 3.53. The normalized spacial score (nSPS) is 12.7. The molecule has 3 rings (SSSR count). The van der Waals surface area contributed by atoms with E-state index in [0.29, 0.717) is 6.54 Å². The van der Waals surface area contributed by atoms with E-state index >= 15 is 0 Å². The van der Waals surface area contributed by atoms with Gasteiger partial charge in [-0.25, -0.2) is 4.79 Å². The molecule has 5 heteroatoms. The van der Waals surface area contributed by atoms with Crippen molar-refractivity contribution >= 4 is 23.3 Å². The lowest BCUT2D eigenvalue weighted by molar-refractivity contribution is -0.116. The number of nitrogens with zero attached hydrogens (tertiary/aromatic N) is 1. The van der Waals surface area contributed by atoms with Crippen LogP contribution < -0.4 is 15.5 Å². The molecule has 0 aromatic heterocycles. The number of carbonyl (C=O) groups is 2. The number of anilines is 2. The van der Waals surface area contributed by atoms with Gasteiger partial charge in [0.15, 0.2) is 0 Å². The van der Waals surface area contributed by atoms with E-state index in [1.807, 2.05) is 44.2 Å². The van der Waals surface area contributed by atoms with Gasteiger partial charge >= 0.3 is 6.03 Å². The van der Waals surface area contributed by atoms with Gasteiger partial charge in [0.1, 0.15) is 0 Å². The monoisotopic (exact) mass is 337 g/mol. The van der Waals surface area contributed by atoms with Crippen LogP contribution in [0, 0.1) is 13.8 Å². The summed E-state index contributed by atoms with van der Waals surface area (Å²) in [5.74, 6) is 0.0672. The third kappa shape index (κ3) is 3.65. The zero-order chi connectivity index (χ0) is 18.0. The molecule has 0 atom stereocenters. The average Bonchev–Trinajstić information content (AvgIpc) is 3.00. The lowest BCUT2D eigenvalue weighted by atomic mass is 10.1. The molecule has 1 heterocycles. The Hall–Kier alpha value is -2.82. The van der Waals surface area contributed by atoms with E-state index in [1.165, 1.54) is 0 Å². The van der Waals surface area contributed by atoms with Gasteiger partial charge in [-0.15, -0.1) is 0 Å². The van der Waals surface area contributed by atoms with Crippen molar-refractivity contribution in [2.75, 3.05) is 16.8 Å². The van der Waals surface area contributed by atoms with Crippen molar-refractivity contribution in [1.82, 2.24) is 5.32 Å². The molecule has 3 amide bonds. The first-order chi connectivity index (χ1) is 12.0. The highest BCUT2D eigenvalue weighted by atomic mass is 16.2. The number of aryl methyl sites for hydroxylation is 1. The maximum Gasteiger partial charge on any atom is 0.319 e. The molecule has 0 unspecified atom stereocenters. The van der Waals surface area contributed by atoms with Crippen molar-refractivity contribution in [2.45, 2.75) is 33.7 Å². The van der Waals surface area contributed by atoms with Crippen LogP contribution in [0.4, 0.5) is 16.2 Å². The van der Waals surface area contributed by atoms with Crippen molar-refractivity contribution < 1.29 is 9.59 Å². The number of amides is 3. The van der Waals surface area contributed by atoms with Crippen molar-refractivity contribution in [2.24, 2.45) is 0 Å². The Labute approximate surface area is 148 Å². The molecule has 25 heavy (non-hydrogen) atoms. The second-order valence-electron chi connectivity index (χ2n) is 6.44. The number of urea groups is 1. The van der Waals surface area contributed by atoms with Gasteiger partial charge in [-0.1, -0.05) is 24.3 Å². The fourth-order valence-electron chi connectivity index (χ4n) is 3.13. The lowest BCUT2D eigenvalue weighted by Gasteiger charge is -2.15. The zero-order valence-corrected chi connectivity index (χ0v) is 14.8. The van der Waals surface area contributed by atoms with Crippen LogP contribution in [0.5, 0.6) is 0 Å². The molecule has 1 aliphatic rings. The van der Waals surface area contributed by atoms with Crippen molar-refractivity contribution in [1.29, 1.82) is 0 Å². The molecule has 0 spiro atoms. The van der Waals surface area contributed by atoms with Crippen molar-refractivity contribution in [3.63, 3.8) is 0 Å². The molecule has 5 nitrogen and oxygen atoms in total. The highest BCUT2D eigenvalue weighted by Gasteiger charge is 2.22. The Kier molecular flexibility index (Phi) is 4.74. The molecule has 0 bridgehead atoms. The molecule has 2 N–H and O–H groups in total. The summed E-state index contributed by atoms with van der Waals surface area (Å²) < 4.78 is 0. The predicted molar refractivity (Wildman–Crippen MR) is 99.9 cm³/mol. The number of fused-ring (bicyclic) bond motifs is 1. The molecule has 0 radical (unpaired) electrons. The fraction of sp³-hybridized carbons (Fsp3) is 0.300. The molecular formula is C20H23N3O2. The Bertz CT molecular complexity index is 830. The zero-order valence-electron chi connectivity index (χ0n) is 14.8. The van der Waals surface area contributed by atoms with E-state index < -0.39 is 0 Å².